The van der Waals surface area contributed by atoms with Gasteiger partial charge in [-0.2, -0.15) is 0 Å². The third kappa shape index (κ3) is 3.06. The third-order valence-electron chi connectivity index (χ3n) is 1.67. The molecule has 0 amide bonds. The van der Waals surface area contributed by atoms with E-state index >= 15 is 0 Å². The zero-order valence-corrected chi connectivity index (χ0v) is 8.81. The minimum Gasteiger partial charge on any atom is -0.387 e. The lowest BCUT2D eigenvalue weighted by atomic mass is 10.1. The molecule has 1 aromatic rings. The van der Waals surface area contributed by atoms with Gasteiger partial charge in [-0.25, -0.2) is 4.39 Å². The van der Waals surface area contributed by atoms with Gasteiger partial charge in [-0.15, -0.1) is 0 Å². The number of aliphatic hydroxyl groups excluding tert-OH is 1. The van der Waals surface area contributed by atoms with E-state index in [9.17, 15) is 9.50 Å². The van der Waals surface area contributed by atoms with Gasteiger partial charge in [0.15, 0.2) is 0 Å². The molecule has 0 heterocycles. The highest BCUT2D eigenvalue weighted by molar-refractivity contribution is 9.10. The molecule has 0 fully saturated rings. The molecule has 0 aliphatic heterocycles. The molecule has 1 atom stereocenters. The Balaban J connectivity index is 2.87. The van der Waals surface area contributed by atoms with Gasteiger partial charge in [0, 0.05) is 11.0 Å². The van der Waals surface area contributed by atoms with Gasteiger partial charge in [0.05, 0.1) is 6.10 Å². The average molecular weight is 248 g/mol. The predicted molar refractivity (Wildman–Crippen MR) is 53.0 cm³/mol. The zero-order valence-electron chi connectivity index (χ0n) is 7.22. The first-order valence-electron chi connectivity index (χ1n) is 3.92. The standard InChI is InChI=1S/C9H11BrFNO/c1-12-5-9(13)6-2-7(10)4-8(11)3-6/h2-4,9,12-13H,5H2,1H3. The summed E-state index contributed by atoms with van der Waals surface area (Å²) in [4.78, 5) is 0. The smallest absolute Gasteiger partial charge is 0.124 e. The van der Waals surface area contributed by atoms with Gasteiger partial charge in [0.2, 0.25) is 0 Å². The van der Waals surface area contributed by atoms with Crippen LogP contribution in [0.15, 0.2) is 22.7 Å². The highest BCUT2D eigenvalue weighted by Gasteiger charge is 2.08. The fraction of sp³-hybridized carbons (Fsp3) is 0.333. The summed E-state index contributed by atoms with van der Waals surface area (Å²) in [5.41, 5.74) is 0.571. The lowest BCUT2D eigenvalue weighted by Crippen LogP contribution is -2.16. The van der Waals surface area contributed by atoms with Crippen LogP contribution in [-0.2, 0) is 0 Å². The van der Waals surface area contributed by atoms with Crippen LogP contribution in [0.2, 0.25) is 0 Å². The van der Waals surface area contributed by atoms with Crippen molar-refractivity contribution in [1.29, 1.82) is 0 Å². The summed E-state index contributed by atoms with van der Waals surface area (Å²) in [7, 11) is 1.73. The predicted octanol–water partition coefficient (Wildman–Crippen LogP) is 1.84. The summed E-state index contributed by atoms with van der Waals surface area (Å²) >= 11 is 3.16. The van der Waals surface area contributed by atoms with Crippen LogP contribution in [0.25, 0.3) is 0 Å². The van der Waals surface area contributed by atoms with Gasteiger partial charge in [0.1, 0.15) is 5.82 Å². The van der Waals surface area contributed by atoms with Crippen molar-refractivity contribution < 1.29 is 9.50 Å². The van der Waals surface area contributed by atoms with Gasteiger partial charge < -0.3 is 10.4 Å². The summed E-state index contributed by atoms with van der Waals surface area (Å²) in [5.74, 6) is -0.348. The van der Waals surface area contributed by atoms with E-state index in [4.69, 9.17) is 0 Å². The van der Waals surface area contributed by atoms with Gasteiger partial charge >= 0.3 is 0 Å². The van der Waals surface area contributed by atoms with Crippen molar-refractivity contribution in [3.63, 3.8) is 0 Å². The van der Waals surface area contributed by atoms with Crippen molar-refractivity contribution in [2.45, 2.75) is 6.10 Å². The lowest BCUT2D eigenvalue weighted by Gasteiger charge is -2.10. The molecule has 0 aliphatic rings. The van der Waals surface area contributed by atoms with Gasteiger partial charge in [-0.05, 0) is 30.8 Å². The molecule has 1 rings (SSSR count). The van der Waals surface area contributed by atoms with E-state index in [1.165, 1.54) is 12.1 Å². The van der Waals surface area contributed by atoms with E-state index in [1.807, 2.05) is 0 Å². The lowest BCUT2D eigenvalue weighted by molar-refractivity contribution is 0.177. The van der Waals surface area contributed by atoms with E-state index in [0.717, 1.165) is 0 Å². The first-order valence-corrected chi connectivity index (χ1v) is 4.71. The number of benzene rings is 1. The molecular weight excluding hydrogens is 237 g/mol. The molecule has 72 valence electrons. The average Bonchev–Trinajstić information content (AvgIpc) is 2.03. The maximum absolute atomic E-state index is 12.9. The first-order chi connectivity index (χ1) is 6.13. The van der Waals surface area contributed by atoms with Crippen molar-refractivity contribution >= 4 is 15.9 Å². The normalized spacial score (nSPS) is 12.9. The molecule has 0 spiro atoms. The summed E-state index contributed by atoms with van der Waals surface area (Å²) in [6, 6.07) is 4.38. The van der Waals surface area contributed by atoms with E-state index in [1.54, 1.807) is 13.1 Å². The Morgan fingerprint density at radius 1 is 1.54 bits per heavy atom. The van der Waals surface area contributed by atoms with Gasteiger partial charge in [0.25, 0.3) is 0 Å². The molecule has 0 aromatic heterocycles. The monoisotopic (exact) mass is 247 g/mol. The maximum Gasteiger partial charge on any atom is 0.124 e. The van der Waals surface area contributed by atoms with Gasteiger partial charge in [-0.3, -0.25) is 0 Å². The minimum atomic E-state index is -0.669. The first kappa shape index (κ1) is 10.6. The molecule has 1 unspecified atom stereocenters. The SMILES string of the molecule is CNCC(O)c1cc(F)cc(Br)c1. The Labute approximate surface area is 84.9 Å². The van der Waals surface area contributed by atoms with Crippen LogP contribution in [0, 0.1) is 5.82 Å². The molecule has 4 heteroatoms. The molecule has 1 aromatic carbocycles. The van der Waals surface area contributed by atoms with Crippen LogP contribution >= 0.6 is 15.9 Å². The molecule has 0 saturated heterocycles. The van der Waals surface area contributed by atoms with Crippen molar-refractivity contribution in [3.8, 4) is 0 Å². The Kier molecular flexibility index (Phi) is 3.84. The molecular formula is C9H11BrFNO. The summed E-state index contributed by atoms with van der Waals surface area (Å²) < 4.78 is 13.5. The Morgan fingerprint density at radius 2 is 2.23 bits per heavy atom. The number of nitrogens with one attached hydrogen (secondary N) is 1. The summed E-state index contributed by atoms with van der Waals surface area (Å²) in [6.07, 6.45) is -0.669. The number of likely N-dealkylation sites (N-methyl/N-ethyl adjacent to an activating group) is 1. The topological polar surface area (TPSA) is 32.3 Å². The number of hydrogen-bond acceptors (Lipinski definition) is 2. The molecule has 0 saturated carbocycles. The highest BCUT2D eigenvalue weighted by atomic mass is 79.9. The second kappa shape index (κ2) is 4.69. The summed E-state index contributed by atoms with van der Waals surface area (Å²) in [5, 5.41) is 12.3. The minimum absolute atomic E-state index is 0.348. The number of rotatable bonds is 3. The van der Waals surface area contributed by atoms with Crippen molar-refractivity contribution in [2.75, 3.05) is 13.6 Å². The van der Waals surface area contributed by atoms with E-state index in [0.29, 0.717) is 16.6 Å². The quantitative estimate of drug-likeness (QED) is 0.855. The fourth-order valence-corrected chi connectivity index (χ4v) is 1.56. The van der Waals surface area contributed by atoms with E-state index < -0.39 is 6.10 Å². The Morgan fingerprint density at radius 3 is 2.77 bits per heavy atom. The maximum atomic E-state index is 12.9. The van der Waals surface area contributed by atoms with Crippen molar-refractivity contribution in [2.24, 2.45) is 0 Å². The largest absolute Gasteiger partial charge is 0.387 e. The van der Waals surface area contributed by atoms with E-state index in [-0.39, 0.29) is 5.82 Å². The fourth-order valence-electron chi connectivity index (χ4n) is 1.08. The Bertz CT molecular complexity index is 273. The summed E-state index contributed by atoms with van der Waals surface area (Å²) in [6.45, 7) is 0.413. The van der Waals surface area contributed by atoms with Crippen molar-refractivity contribution in [3.05, 3.63) is 34.1 Å². The number of hydrogen-bond donors (Lipinski definition) is 2. The number of aliphatic hydroxyl groups is 1. The van der Waals surface area contributed by atoms with Crippen LogP contribution in [0.1, 0.15) is 11.7 Å². The second-order valence-electron chi connectivity index (χ2n) is 2.78. The molecule has 0 radical (unpaired) electrons. The molecule has 13 heavy (non-hydrogen) atoms. The zero-order chi connectivity index (χ0) is 9.84. The Hall–Kier alpha value is -0.450. The highest BCUT2D eigenvalue weighted by Crippen LogP contribution is 2.19. The molecule has 2 N–H and O–H groups in total. The van der Waals surface area contributed by atoms with Gasteiger partial charge in [-0.1, -0.05) is 15.9 Å². The van der Waals surface area contributed by atoms with Crippen molar-refractivity contribution in [1.82, 2.24) is 5.32 Å². The molecule has 0 aliphatic carbocycles. The molecule has 0 bridgehead atoms. The third-order valence-corrected chi connectivity index (χ3v) is 2.12. The van der Waals surface area contributed by atoms with Crippen LogP contribution in [0.3, 0.4) is 0 Å². The number of halogens is 2. The van der Waals surface area contributed by atoms with Crippen LogP contribution < -0.4 is 5.32 Å². The van der Waals surface area contributed by atoms with Crippen LogP contribution in [0.5, 0.6) is 0 Å². The second-order valence-corrected chi connectivity index (χ2v) is 3.69. The van der Waals surface area contributed by atoms with Crippen LogP contribution in [0.4, 0.5) is 4.39 Å². The molecule has 2 nitrogen and oxygen atoms in total. The van der Waals surface area contributed by atoms with E-state index in [2.05, 4.69) is 21.2 Å². The van der Waals surface area contributed by atoms with Crippen LogP contribution in [-0.4, -0.2) is 18.7 Å².